The maximum atomic E-state index is 12.5. The Balaban J connectivity index is 1.88. The van der Waals surface area contributed by atoms with Gasteiger partial charge in [-0.1, -0.05) is 23.7 Å². The van der Waals surface area contributed by atoms with Crippen molar-refractivity contribution in [3.63, 3.8) is 0 Å². The highest BCUT2D eigenvalue weighted by atomic mass is 35.5. The molecule has 24 heavy (non-hydrogen) atoms. The third-order valence-corrected chi connectivity index (χ3v) is 3.75. The molecule has 0 atom stereocenters. The third kappa shape index (κ3) is 3.46. The number of aryl methyl sites for hydroxylation is 3. The number of anilines is 1. The fourth-order valence-corrected chi connectivity index (χ4v) is 2.73. The van der Waals surface area contributed by atoms with Gasteiger partial charge in [0.1, 0.15) is 0 Å². The number of hydrogen-bond donors (Lipinski definition) is 1. The van der Waals surface area contributed by atoms with E-state index in [0.29, 0.717) is 16.4 Å². The average Bonchev–Trinajstić information content (AvgIpc) is 2.88. The second kappa shape index (κ2) is 6.45. The van der Waals surface area contributed by atoms with Crippen molar-refractivity contribution in [3.8, 4) is 5.69 Å². The molecule has 0 aliphatic rings. The number of carbonyl (C=O) groups is 1. The van der Waals surface area contributed by atoms with Crippen LogP contribution < -0.4 is 5.32 Å². The van der Waals surface area contributed by atoms with Crippen LogP contribution in [-0.2, 0) is 0 Å². The van der Waals surface area contributed by atoms with Crippen LogP contribution in [0.2, 0.25) is 5.02 Å². The van der Waals surface area contributed by atoms with E-state index in [0.717, 1.165) is 16.8 Å². The lowest BCUT2D eigenvalue weighted by molar-refractivity contribution is 0.102. The number of rotatable bonds is 3. The highest BCUT2D eigenvalue weighted by Crippen LogP contribution is 2.17. The van der Waals surface area contributed by atoms with E-state index >= 15 is 0 Å². The van der Waals surface area contributed by atoms with Gasteiger partial charge in [-0.25, -0.2) is 0 Å². The Kier molecular flexibility index (Phi) is 4.36. The van der Waals surface area contributed by atoms with Gasteiger partial charge in [-0.15, -0.1) is 5.10 Å². The minimum atomic E-state index is -0.286. The molecule has 0 saturated heterocycles. The molecule has 0 spiro atoms. The molecular weight excluding hydrogens is 324 g/mol. The summed E-state index contributed by atoms with van der Waals surface area (Å²) < 4.78 is 0. The van der Waals surface area contributed by atoms with Gasteiger partial charge in [0.25, 0.3) is 5.91 Å². The van der Waals surface area contributed by atoms with Gasteiger partial charge in [-0.3, -0.25) is 4.79 Å². The van der Waals surface area contributed by atoms with Gasteiger partial charge in [0, 0.05) is 10.7 Å². The van der Waals surface area contributed by atoms with Gasteiger partial charge in [-0.2, -0.15) is 9.90 Å². The van der Waals surface area contributed by atoms with E-state index in [1.165, 1.54) is 4.80 Å². The zero-order chi connectivity index (χ0) is 17.3. The topological polar surface area (TPSA) is 59.8 Å². The molecule has 6 heteroatoms. The molecule has 0 radical (unpaired) electrons. The Bertz CT molecular complexity index is 897. The normalized spacial score (nSPS) is 10.7. The maximum absolute atomic E-state index is 12.5. The molecule has 0 unspecified atom stereocenters. The number of halogens is 1. The molecule has 0 aliphatic heterocycles. The summed E-state index contributed by atoms with van der Waals surface area (Å²) in [6, 6.07) is 13.0. The van der Waals surface area contributed by atoms with Crippen LogP contribution in [0.1, 0.15) is 27.3 Å². The molecular formula is C18H17ClN4O. The Morgan fingerprint density at radius 1 is 1.04 bits per heavy atom. The van der Waals surface area contributed by atoms with Crippen molar-refractivity contribution in [1.29, 1.82) is 0 Å². The average molecular weight is 341 g/mol. The lowest BCUT2D eigenvalue weighted by atomic mass is 10.1. The summed E-state index contributed by atoms with van der Waals surface area (Å²) in [6.45, 7) is 5.73. The molecule has 122 valence electrons. The monoisotopic (exact) mass is 340 g/mol. The van der Waals surface area contributed by atoms with Crippen LogP contribution in [-0.4, -0.2) is 20.9 Å². The molecule has 0 fully saturated rings. The Morgan fingerprint density at radius 2 is 1.75 bits per heavy atom. The number of aromatic nitrogens is 3. The molecule has 5 nitrogen and oxygen atoms in total. The first-order valence-electron chi connectivity index (χ1n) is 7.52. The summed E-state index contributed by atoms with van der Waals surface area (Å²) in [5, 5.41) is 12.1. The molecule has 1 heterocycles. The van der Waals surface area contributed by atoms with Gasteiger partial charge in [0.15, 0.2) is 5.69 Å². The van der Waals surface area contributed by atoms with Crippen LogP contribution in [0.4, 0.5) is 5.69 Å². The van der Waals surface area contributed by atoms with Crippen LogP contribution >= 0.6 is 11.6 Å². The number of benzene rings is 2. The largest absolute Gasteiger partial charge is 0.321 e. The van der Waals surface area contributed by atoms with E-state index in [1.54, 1.807) is 19.1 Å². The molecule has 0 aliphatic carbocycles. The molecule has 0 saturated carbocycles. The molecule has 3 aromatic rings. The van der Waals surface area contributed by atoms with Gasteiger partial charge < -0.3 is 5.32 Å². The highest BCUT2D eigenvalue weighted by Gasteiger charge is 2.17. The lowest BCUT2D eigenvalue weighted by Gasteiger charge is -2.06. The van der Waals surface area contributed by atoms with Crippen LogP contribution in [0.15, 0.2) is 42.5 Å². The van der Waals surface area contributed by atoms with Crippen molar-refractivity contribution in [3.05, 3.63) is 70.0 Å². The second-order valence-corrected chi connectivity index (χ2v) is 6.17. The predicted molar refractivity (Wildman–Crippen MR) is 95.0 cm³/mol. The first-order chi connectivity index (χ1) is 11.4. The predicted octanol–water partition coefficient (Wildman–Crippen LogP) is 4.10. The smallest absolute Gasteiger partial charge is 0.278 e. The van der Waals surface area contributed by atoms with E-state index in [4.69, 9.17) is 11.6 Å². The van der Waals surface area contributed by atoms with Gasteiger partial charge in [-0.05, 0) is 62.2 Å². The fraction of sp³-hybridized carbons (Fsp3) is 0.167. The summed E-state index contributed by atoms with van der Waals surface area (Å²) in [6.07, 6.45) is 0. The van der Waals surface area contributed by atoms with E-state index in [1.807, 2.05) is 38.1 Å². The molecule has 1 amide bonds. The number of nitrogens with zero attached hydrogens (tertiary/aromatic N) is 3. The van der Waals surface area contributed by atoms with E-state index in [9.17, 15) is 4.79 Å². The summed E-state index contributed by atoms with van der Waals surface area (Å²) in [5.74, 6) is -0.286. The molecule has 3 rings (SSSR count). The first-order valence-corrected chi connectivity index (χ1v) is 7.90. The summed E-state index contributed by atoms with van der Waals surface area (Å²) in [4.78, 5) is 13.9. The number of carbonyl (C=O) groups excluding carboxylic acids is 1. The molecule has 2 aromatic carbocycles. The SMILES string of the molecule is Cc1cc(C)cc(NC(=O)c2nn(-c3cccc(Cl)c3)nc2C)c1. The zero-order valence-electron chi connectivity index (χ0n) is 13.7. The van der Waals surface area contributed by atoms with Crippen molar-refractivity contribution < 1.29 is 4.79 Å². The van der Waals surface area contributed by atoms with Crippen LogP contribution in [0.25, 0.3) is 5.69 Å². The Labute approximate surface area is 145 Å². The second-order valence-electron chi connectivity index (χ2n) is 5.73. The standard InChI is InChI=1S/C18H17ClN4O/c1-11-7-12(2)9-15(8-11)20-18(24)17-13(3)21-23(22-17)16-6-4-5-14(19)10-16/h4-10H,1-3H3,(H,20,24). The van der Waals surface area contributed by atoms with Crippen molar-refractivity contribution in [2.24, 2.45) is 0 Å². The fourth-order valence-electron chi connectivity index (χ4n) is 2.54. The molecule has 0 bridgehead atoms. The summed E-state index contributed by atoms with van der Waals surface area (Å²) >= 11 is 5.99. The van der Waals surface area contributed by atoms with E-state index in [2.05, 4.69) is 21.6 Å². The minimum absolute atomic E-state index is 0.286. The van der Waals surface area contributed by atoms with Gasteiger partial charge >= 0.3 is 0 Å². The highest BCUT2D eigenvalue weighted by molar-refractivity contribution is 6.30. The van der Waals surface area contributed by atoms with Crippen molar-refractivity contribution >= 4 is 23.2 Å². The maximum Gasteiger partial charge on any atom is 0.278 e. The zero-order valence-corrected chi connectivity index (χ0v) is 14.4. The number of amides is 1. The quantitative estimate of drug-likeness (QED) is 0.781. The lowest BCUT2D eigenvalue weighted by Crippen LogP contribution is -2.14. The minimum Gasteiger partial charge on any atom is -0.321 e. The summed E-state index contributed by atoms with van der Waals surface area (Å²) in [7, 11) is 0. The number of nitrogens with one attached hydrogen (secondary N) is 1. The van der Waals surface area contributed by atoms with E-state index < -0.39 is 0 Å². The summed E-state index contributed by atoms with van der Waals surface area (Å²) in [5.41, 5.74) is 4.46. The first kappa shape index (κ1) is 16.2. The van der Waals surface area contributed by atoms with Gasteiger partial charge in [0.05, 0.1) is 11.4 Å². The van der Waals surface area contributed by atoms with Crippen LogP contribution in [0.3, 0.4) is 0 Å². The van der Waals surface area contributed by atoms with Crippen LogP contribution in [0.5, 0.6) is 0 Å². The Hall–Kier alpha value is -2.66. The van der Waals surface area contributed by atoms with Gasteiger partial charge in [0.2, 0.25) is 0 Å². The number of hydrogen-bond acceptors (Lipinski definition) is 3. The molecule has 1 aromatic heterocycles. The van der Waals surface area contributed by atoms with Crippen molar-refractivity contribution in [2.75, 3.05) is 5.32 Å². The third-order valence-electron chi connectivity index (χ3n) is 3.52. The van der Waals surface area contributed by atoms with E-state index in [-0.39, 0.29) is 11.6 Å². The van der Waals surface area contributed by atoms with Crippen molar-refractivity contribution in [1.82, 2.24) is 15.0 Å². The van der Waals surface area contributed by atoms with Crippen molar-refractivity contribution in [2.45, 2.75) is 20.8 Å². The molecule has 1 N–H and O–H groups in total. The Morgan fingerprint density at radius 3 is 2.42 bits per heavy atom. The van der Waals surface area contributed by atoms with Crippen LogP contribution in [0, 0.1) is 20.8 Å².